The molecular weight excluding hydrogens is 518 g/mol. The van der Waals surface area contributed by atoms with E-state index in [2.05, 4.69) is 10.6 Å². The Labute approximate surface area is 231 Å². The Kier molecular flexibility index (Phi) is 8.13. The molecule has 10 heteroatoms. The first-order chi connectivity index (χ1) is 18.9. The number of thiophene rings is 1. The summed E-state index contributed by atoms with van der Waals surface area (Å²) in [6.07, 6.45) is 0.936. The summed E-state index contributed by atoms with van der Waals surface area (Å²) in [5.74, 6) is 0.648. The van der Waals surface area contributed by atoms with Gasteiger partial charge in [-0.05, 0) is 60.2 Å². The molecule has 3 atom stereocenters. The molecule has 0 bridgehead atoms. The van der Waals surface area contributed by atoms with E-state index in [9.17, 15) is 14.4 Å². The first kappa shape index (κ1) is 26.7. The van der Waals surface area contributed by atoms with Crippen LogP contribution in [0.2, 0.25) is 0 Å². The van der Waals surface area contributed by atoms with Crippen LogP contribution in [-0.2, 0) is 16.1 Å². The van der Waals surface area contributed by atoms with Gasteiger partial charge in [-0.3, -0.25) is 14.4 Å². The van der Waals surface area contributed by atoms with Gasteiger partial charge in [0, 0.05) is 19.3 Å². The highest BCUT2D eigenvalue weighted by Crippen LogP contribution is 2.32. The van der Waals surface area contributed by atoms with Gasteiger partial charge in [-0.1, -0.05) is 18.2 Å². The molecule has 0 unspecified atom stereocenters. The summed E-state index contributed by atoms with van der Waals surface area (Å²) in [6.45, 7) is 0.653. The zero-order chi connectivity index (χ0) is 27.4. The highest BCUT2D eigenvalue weighted by molar-refractivity contribution is 7.12. The second kappa shape index (κ2) is 11.9. The number of rotatable bonds is 7. The lowest BCUT2D eigenvalue weighted by atomic mass is 9.94. The SMILES string of the molecule is COc1cccc(CNC(=O)C[C@@H]2CC[C@H]3[C@@H](COc4ccc(NC(=O)c5cccs5)cc4C(=O)N3C)O2)c1. The molecule has 3 aromatic rings. The number of hydrogen-bond donors (Lipinski definition) is 2. The fourth-order valence-electron chi connectivity index (χ4n) is 4.97. The standard InChI is InChI=1S/C29H31N3O6S/c1-32-23-10-9-21(15-27(33)30-16-18-5-3-6-20(13-18)36-2)38-25(23)17-37-24-11-8-19(14-22(24)29(32)35)31-28(34)26-7-4-12-39-26/h3-8,11-14,21,23,25H,9-10,15-17H2,1-2H3,(H,30,33)(H,31,34)/t21-,23-,25+/m0/s1. The molecule has 5 rings (SSSR count). The topological polar surface area (TPSA) is 106 Å². The van der Waals surface area contributed by atoms with Crippen LogP contribution < -0.4 is 20.1 Å². The number of anilines is 1. The molecule has 3 heterocycles. The van der Waals surface area contributed by atoms with Crippen LogP contribution in [0.25, 0.3) is 0 Å². The second-order valence-electron chi connectivity index (χ2n) is 9.64. The van der Waals surface area contributed by atoms with Gasteiger partial charge in [0.15, 0.2) is 0 Å². The van der Waals surface area contributed by atoms with E-state index >= 15 is 0 Å². The molecule has 0 aliphatic carbocycles. The smallest absolute Gasteiger partial charge is 0.265 e. The molecule has 9 nitrogen and oxygen atoms in total. The summed E-state index contributed by atoms with van der Waals surface area (Å²) in [4.78, 5) is 40.8. The van der Waals surface area contributed by atoms with Crippen LogP contribution in [0, 0.1) is 0 Å². The number of benzene rings is 2. The second-order valence-corrected chi connectivity index (χ2v) is 10.6. The Morgan fingerprint density at radius 1 is 1.13 bits per heavy atom. The van der Waals surface area contributed by atoms with Crippen LogP contribution in [-0.4, -0.2) is 61.6 Å². The number of methoxy groups -OCH3 is 1. The highest BCUT2D eigenvalue weighted by atomic mass is 32.1. The molecule has 1 saturated heterocycles. The van der Waals surface area contributed by atoms with Crippen LogP contribution in [0.15, 0.2) is 60.0 Å². The van der Waals surface area contributed by atoms with Gasteiger partial charge in [0.2, 0.25) is 5.91 Å². The molecule has 0 radical (unpaired) electrons. The quantitative estimate of drug-likeness (QED) is 0.460. The van der Waals surface area contributed by atoms with E-state index in [0.717, 1.165) is 11.3 Å². The van der Waals surface area contributed by atoms with Gasteiger partial charge in [0.05, 0.1) is 36.1 Å². The van der Waals surface area contributed by atoms with Crippen LogP contribution in [0.1, 0.15) is 44.9 Å². The third-order valence-electron chi connectivity index (χ3n) is 7.05. The summed E-state index contributed by atoms with van der Waals surface area (Å²) < 4.78 is 17.6. The van der Waals surface area contributed by atoms with Gasteiger partial charge in [0.1, 0.15) is 24.2 Å². The van der Waals surface area contributed by atoms with E-state index in [-0.39, 0.29) is 49.0 Å². The minimum Gasteiger partial charge on any atom is -0.497 e. The Morgan fingerprint density at radius 2 is 2.00 bits per heavy atom. The van der Waals surface area contributed by atoms with Crippen LogP contribution in [0.5, 0.6) is 11.5 Å². The Hall–Kier alpha value is -3.89. The zero-order valence-corrected chi connectivity index (χ0v) is 22.7. The first-order valence-corrected chi connectivity index (χ1v) is 13.7. The van der Waals surface area contributed by atoms with E-state index in [1.54, 1.807) is 43.3 Å². The third kappa shape index (κ3) is 6.23. The third-order valence-corrected chi connectivity index (χ3v) is 7.92. The van der Waals surface area contributed by atoms with Crippen LogP contribution >= 0.6 is 11.3 Å². The van der Waals surface area contributed by atoms with E-state index in [4.69, 9.17) is 14.2 Å². The van der Waals surface area contributed by atoms with Gasteiger partial charge in [-0.2, -0.15) is 0 Å². The number of amides is 3. The number of carbonyl (C=O) groups is 3. The normalized spacial score (nSPS) is 20.5. The zero-order valence-electron chi connectivity index (χ0n) is 21.8. The molecule has 0 spiro atoms. The predicted molar refractivity (Wildman–Crippen MR) is 147 cm³/mol. The van der Waals surface area contributed by atoms with Crippen LogP contribution in [0.3, 0.4) is 0 Å². The maximum atomic E-state index is 13.4. The number of carbonyl (C=O) groups excluding carboxylic acids is 3. The summed E-state index contributed by atoms with van der Waals surface area (Å²) in [5.41, 5.74) is 1.86. The predicted octanol–water partition coefficient (Wildman–Crippen LogP) is 4.10. The van der Waals surface area contributed by atoms with Gasteiger partial charge >= 0.3 is 0 Å². The van der Waals surface area contributed by atoms with Crippen molar-refractivity contribution in [3.8, 4) is 11.5 Å². The summed E-state index contributed by atoms with van der Waals surface area (Å²) in [6, 6.07) is 16.0. The largest absolute Gasteiger partial charge is 0.497 e. The van der Waals surface area contributed by atoms with Gasteiger partial charge in [-0.25, -0.2) is 0 Å². The van der Waals surface area contributed by atoms with Crippen molar-refractivity contribution in [2.75, 3.05) is 26.1 Å². The van der Waals surface area contributed by atoms with Gasteiger partial charge in [-0.15, -0.1) is 11.3 Å². The van der Waals surface area contributed by atoms with Gasteiger partial charge < -0.3 is 29.7 Å². The van der Waals surface area contributed by atoms with Crippen molar-refractivity contribution in [1.29, 1.82) is 0 Å². The lowest BCUT2D eigenvalue weighted by Crippen LogP contribution is -2.53. The molecular formula is C29H31N3O6S. The van der Waals surface area contributed by atoms with Crippen molar-refractivity contribution in [3.05, 3.63) is 76.0 Å². The van der Waals surface area contributed by atoms with E-state index in [1.807, 2.05) is 35.7 Å². The molecule has 2 aliphatic rings. The number of hydrogen-bond acceptors (Lipinski definition) is 7. The Balaban J connectivity index is 1.20. The Morgan fingerprint density at radius 3 is 2.79 bits per heavy atom. The average Bonchev–Trinajstić information content (AvgIpc) is 3.50. The van der Waals surface area contributed by atoms with Crippen molar-refractivity contribution >= 4 is 34.7 Å². The van der Waals surface area contributed by atoms with Crippen LogP contribution in [0.4, 0.5) is 5.69 Å². The minimum absolute atomic E-state index is 0.0973. The molecule has 1 fully saturated rings. The van der Waals surface area contributed by atoms with E-state index in [1.165, 1.54) is 11.3 Å². The first-order valence-electron chi connectivity index (χ1n) is 12.8. The maximum absolute atomic E-state index is 13.4. The summed E-state index contributed by atoms with van der Waals surface area (Å²) >= 11 is 1.35. The van der Waals surface area contributed by atoms with Crippen molar-refractivity contribution in [2.45, 2.75) is 44.1 Å². The van der Waals surface area contributed by atoms with Crippen molar-refractivity contribution in [2.24, 2.45) is 0 Å². The number of nitrogens with zero attached hydrogens (tertiary/aromatic N) is 1. The molecule has 1 aromatic heterocycles. The lowest BCUT2D eigenvalue weighted by molar-refractivity contribution is -0.134. The number of ether oxygens (including phenoxy) is 3. The molecule has 2 aliphatic heterocycles. The highest BCUT2D eigenvalue weighted by Gasteiger charge is 2.39. The van der Waals surface area contributed by atoms with Gasteiger partial charge in [0.25, 0.3) is 11.8 Å². The number of nitrogens with one attached hydrogen (secondary N) is 2. The molecule has 0 saturated carbocycles. The fourth-order valence-corrected chi connectivity index (χ4v) is 5.59. The molecule has 39 heavy (non-hydrogen) atoms. The molecule has 3 amide bonds. The summed E-state index contributed by atoms with van der Waals surface area (Å²) in [5, 5.41) is 7.63. The van der Waals surface area contributed by atoms with Crippen molar-refractivity contribution in [3.63, 3.8) is 0 Å². The summed E-state index contributed by atoms with van der Waals surface area (Å²) in [7, 11) is 3.37. The fraction of sp³-hybridized carbons (Fsp3) is 0.345. The minimum atomic E-state index is -0.366. The monoisotopic (exact) mass is 549 g/mol. The molecule has 204 valence electrons. The average molecular weight is 550 g/mol. The van der Waals surface area contributed by atoms with Crippen molar-refractivity contribution in [1.82, 2.24) is 10.2 Å². The van der Waals surface area contributed by atoms with E-state index in [0.29, 0.717) is 41.3 Å². The lowest BCUT2D eigenvalue weighted by Gasteiger charge is -2.42. The molecule has 2 N–H and O–H groups in total. The maximum Gasteiger partial charge on any atom is 0.265 e. The van der Waals surface area contributed by atoms with E-state index < -0.39 is 0 Å². The number of fused-ring (bicyclic) bond motifs is 2. The molecule has 2 aromatic carbocycles. The number of likely N-dealkylation sites (N-methyl/N-ethyl adjacent to an activating group) is 1. The Bertz CT molecular complexity index is 1340. The van der Waals surface area contributed by atoms with Crippen molar-refractivity contribution < 1.29 is 28.6 Å².